The van der Waals surface area contributed by atoms with E-state index in [0.29, 0.717) is 11.5 Å². The summed E-state index contributed by atoms with van der Waals surface area (Å²) in [5, 5.41) is 5.72. The molecule has 1 aromatic rings. The predicted octanol–water partition coefficient (Wildman–Crippen LogP) is 0.882. The van der Waals surface area contributed by atoms with Crippen LogP contribution in [-0.4, -0.2) is 21.9 Å². The molecule has 13 heavy (non-hydrogen) atoms. The third-order valence-corrected chi connectivity index (χ3v) is 1.95. The Hall–Kier alpha value is -1.36. The number of hydrogen-bond acceptors (Lipinski definition) is 4. The minimum atomic E-state index is -0.293. The predicted molar refractivity (Wildman–Crippen MR) is 48.8 cm³/mol. The second-order valence-electron chi connectivity index (χ2n) is 2.76. The lowest BCUT2D eigenvalue weighted by molar-refractivity contribution is -0.116. The van der Waals surface area contributed by atoms with Crippen LogP contribution in [0.2, 0.25) is 5.28 Å². The Morgan fingerprint density at radius 2 is 2.38 bits per heavy atom. The Morgan fingerprint density at radius 3 is 3.15 bits per heavy atom. The van der Waals surface area contributed by atoms with E-state index >= 15 is 0 Å². The molecule has 0 bridgehead atoms. The van der Waals surface area contributed by atoms with Crippen LogP contribution in [0.3, 0.4) is 0 Å². The first-order chi connectivity index (χ1) is 6.16. The summed E-state index contributed by atoms with van der Waals surface area (Å²) >= 11 is 5.59. The first kappa shape index (κ1) is 8.25. The zero-order valence-corrected chi connectivity index (χ0v) is 7.59. The molecular weight excluding hydrogens is 192 g/mol. The van der Waals surface area contributed by atoms with E-state index in [4.69, 9.17) is 11.6 Å². The van der Waals surface area contributed by atoms with Crippen LogP contribution in [0.1, 0.15) is 6.92 Å². The second-order valence-corrected chi connectivity index (χ2v) is 3.09. The zero-order valence-electron chi connectivity index (χ0n) is 6.84. The highest BCUT2D eigenvalue weighted by Crippen LogP contribution is 2.23. The number of carbonyl (C=O) groups excluding carboxylic acids is 1. The van der Waals surface area contributed by atoms with Gasteiger partial charge in [0.15, 0.2) is 5.82 Å². The van der Waals surface area contributed by atoms with Gasteiger partial charge in [-0.1, -0.05) is 0 Å². The van der Waals surface area contributed by atoms with Crippen molar-refractivity contribution in [2.24, 2.45) is 0 Å². The van der Waals surface area contributed by atoms with Crippen LogP contribution in [0.4, 0.5) is 11.5 Å². The molecule has 6 heteroatoms. The molecule has 1 atom stereocenters. The van der Waals surface area contributed by atoms with Crippen molar-refractivity contribution in [1.82, 2.24) is 9.97 Å². The van der Waals surface area contributed by atoms with Crippen LogP contribution in [-0.2, 0) is 4.79 Å². The largest absolute Gasteiger partial charge is 0.357 e. The topological polar surface area (TPSA) is 66.9 Å². The number of nitrogens with one attached hydrogen (secondary N) is 2. The third kappa shape index (κ3) is 1.42. The summed E-state index contributed by atoms with van der Waals surface area (Å²) in [7, 11) is 0. The van der Waals surface area contributed by atoms with Crippen LogP contribution in [0.5, 0.6) is 0 Å². The summed E-state index contributed by atoms with van der Waals surface area (Å²) in [6.45, 7) is 1.74. The molecule has 1 aliphatic heterocycles. The zero-order chi connectivity index (χ0) is 9.42. The molecule has 0 saturated carbocycles. The summed E-state index contributed by atoms with van der Waals surface area (Å²) in [5.41, 5.74) is 0.563. The minimum absolute atomic E-state index is 0.0987. The quantitative estimate of drug-likeness (QED) is 0.608. The standard InChI is InChI=1S/C7H7ClN4O/c1-3-6(13)11-4-2-9-7(8)12-5(4)10-3/h2-3H,1H3,(H,11,13)(H,9,10,12). The number of halogens is 1. The van der Waals surface area contributed by atoms with Crippen molar-refractivity contribution >= 4 is 29.0 Å². The van der Waals surface area contributed by atoms with E-state index in [1.165, 1.54) is 6.20 Å². The van der Waals surface area contributed by atoms with E-state index in [9.17, 15) is 4.79 Å². The molecule has 0 aliphatic carbocycles. The van der Waals surface area contributed by atoms with Gasteiger partial charge < -0.3 is 10.6 Å². The van der Waals surface area contributed by atoms with Gasteiger partial charge in [-0.3, -0.25) is 4.79 Å². The number of rotatable bonds is 0. The molecule has 0 saturated heterocycles. The van der Waals surface area contributed by atoms with Crippen LogP contribution in [0.15, 0.2) is 6.20 Å². The molecule has 2 heterocycles. The molecule has 5 nitrogen and oxygen atoms in total. The van der Waals surface area contributed by atoms with Crippen LogP contribution >= 0.6 is 11.6 Å². The number of fused-ring (bicyclic) bond motifs is 1. The lowest BCUT2D eigenvalue weighted by Gasteiger charge is -2.22. The van der Waals surface area contributed by atoms with Gasteiger partial charge in [0.1, 0.15) is 11.7 Å². The molecule has 1 amide bonds. The average molecular weight is 199 g/mol. The lowest BCUT2D eigenvalue weighted by Crippen LogP contribution is -2.36. The van der Waals surface area contributed by atoms with Gasteiger partial charge in [0.05, 0.1) is 6.20 Å². The number of carbonyl (C=O) groups is 1. The third-order valence-electron chi connectivity index (χ3n) is 1.76. The van der Waals surface area contributed by atoms with Crippen molar-refractivity contribution in [2.45, 2.75) is 13.0 Å². The van der Waals surface area contributed by atoms with Crippen LogP contribution < -0.4 is 10.6 Å². The number of aromatic nitrogens is 2. The molecule has 1 aliphatic rings. The van der Waals surface area contributed by atoms with E-state index in [0.717, 1.165) is 0 Å². The first-order valence-electron chi connectivity index (χ1n) is 3.77. The first-order valence-corrected chi connectivity index (χ1v) is 4.14. The maximum absolute atomic E-state index is 11.2. The van der Waals surface area contributed by atoms with Crippen LogP contribution in [0.25, 0.3) is 0 Å². The summed E-state index contributed by atoms with van der Waals surface area (Å²) in [6, 6.07) is -0.293. The van der Waals surface area contributed by atoms with Crippen molar-refractivity contribution in [3.05, 3.63) is 11.5 Å². The van der Waals surface area contributed by atoms with Crippen molar-refractivity contribution in [1.29, 1.82) is 0 Å². The van der Waals surface area contributed by atoms with Crippen molar-refractivity contribution in [3.63, 3.8) is 0 Å². The monoisotopic (exact) mass is 198 g/mol. The second kappa shape index (κ2) is 2.85. The maximum Gasteiger partial charge on any atom is 0.246 e. The molecule has 2 rings (SSSR count). The SMILES string of the molecule is CC1Nc2nc(Cl)ncc2NC1=O. The summed E-state index contributed by atoms with van der Waals surface area (Å²) in [6.07, 6.45) is 1.47. The molecule has 0 radical (unpaired) electrons. The van der Waals surface area contributed by atoms with Gasteiger partial charge in [-0.15, -0.1) is 0 Å². The van der Waals surface area contributed by atoms with Gasteiger partial charge in [-0.25, -0.2) is 4.98 Å². The molecule has 0 aromatic carbocycles. The molecule has 1 aromatic heterocycles. The Labute approximate surface area is 79.5 Å². The van der Waals surface area contributed by atoms with E-state index in [2.05, 4.69) is 20.6 Å². The molecule has 2 N–H and O–H groups in total. The molecule has 0 fully saturated rings. The Balaban J connectivity index is 2.42. The lowest BCUT2D eigenvalue weighted by atomic mass is 10.2. The Bertz CT molecular complexity index is 368. The number of amides is 1. The summed E-state index contributed by atoms with van der Waals surface area (Å²) in [4.78, 5) is 18.9. The van der Waals surface area contributed by atoms with Gasteiger partial charge >= 0.3 is 0 Å². The number of hydrogen-bond donors (Lipinski definition) is 2. The summed E-state index contributed by atoms with van der Waals surface area (Å²) in [5.74, 6) is 0.463. The van der Waals surface area contributed by atoms with Crippen molar-refractivity contribution in [3.8, 4) is 0 Å². The molecule has 1 unspecified atom stereocenters. The number of anilines is 2. The van der Waals surface area contributed by atoms with E-state index < -0.39 is 0 Å². The normalized spacial score (nSPS) is 20.2. The molecular formula is C7H7ClN4O. The van der Waals surface area contributed by atoms with Crippen molar-refractivity contribution < 1.29 is 4.79 Å². The summed E-state index contributed by atoms with van der Waals surface area (Å²) < 4.78 is 0. The molecule has 68 valence electrons. The maximum atomic E-state index is 11.2. The van der Waals surface area contributed by atoms with Gasteiger partial charge in [-0.05, 0) is 18.5 Å². The fourth-order valence-corrected chi connectivity index (χ4v) is 1.21. The van der Waals surface area contributed by atoms with Gasteiger partial charge in [0, 0.05) is 0 Å². The van der Waals surface area contributed by atoms with Crippen molar-refractivity contribution in [2.75, 3.05) is 10.6 Å². The van der Waals surface area contributed by atoms with Gasteiger partial charge in [0.25, 0.3) is 0 Å². The number of nitrogens with zero attached hydrogens (tertiary/aromatic N) is 2. The fraction of sp³-hybridized carbons (Fsp3) is 0.286. The molecule has 0 spiro atoms. The van der Waals surface area contributed by atoms with E-state index in [1.54, 1.807) is 6.92 Å². The highest BCUT2D eigenvalue weighted by Gasteiger charge is 2.22. The highest BCUT2D eigenvalue weighted by atomic mass is 35.5. The minimum Gasteiger partial charge on any atom is -0.357 e. The average Bonchev–Trinajstić information content (AvgIpc) is 2.08. The van der Waals surface area contributed by atoms with E-state index in [-0.39, 0.29) is 17.2 Å². The fourth-order valence-electron chi connectivity index (χ4n) is 1.07. The highest BCUT2D eigenvalue weighted by molar-refractivity contribution is 6.28. The van der Waals surface area contributed by atoms with Crippen LogP contribution in [0, 0.1) is 0 Å². The van der Waals surface area contributed by atoms with Gasteiger partial charge in [-0.2, -0.15) is 4.98 Å². The van der Waals surface area contributed by atoms with Gasteiger partial charge in [0.2, 0.25) is 11.2 Å². The Morgan fingerprint density at radius 1 is 1.62 bits per heavy atom. The Kier molecular flexibility index (Phi) is 1.81. The van der Waals surface area contributed by atoms with E-state index in [1.807, 2.05) is 0 Å². The smallest absolute Gasteiger partial charge is 0.246 e.